The second kappa shape index (κ2) is 16.6. The molecule has 0 bridgehead atoms. The molecule has 0 heterocycles. The Morgan fingerprint density at radius 1 is 0.565 bits per heavy atom. The maximum absolute atomic E-state index is 12.5. The Labute approximate surface area is 273 Å². The second-order valence-electron chi connectivity index (χ2n) is 13.2. The highest BCUT2D eigenvalue weighted by molar-refractivity contribution is 5.88. The van der Waals surface area contributed by atoms with E-state index in [0.717, 1.165) is 11.1 Å². The van der Waals surface area contributed by atoms with Crippen LogP contribution in [0.3, 0.4) is 0 Å². The zero-order valence-corrected chi connectivity index (χ0v) is 29.3. The van der Waals surface area contributed by atoms with Gasteiger partial charge in [-0.3, -0.25) is 9.78 Å². The van der Waals surface area contributed by atoms with Crippen LogP contribution < -0.4 is 0 Å². The lowest BCUT2D eigenvalue weighted by atomic mass is 9.82. The van der Waals surface area contributed by atoms with Crippen LogP contribution in [-0.4, -0.2) is 30.7 Å². The molecule has 0 amide bonds. The van der Waals surface area contributed by atoms with Gasteiger partial charge in [0.15, 0.2) is 0 Å². The summed E-state index contributed by atoms with van der Waals surface area (Å²) >= 11 is 0. The highest BCUT2D eigenvalue weighted by Gasteiger charge is 2.24. The van der Waals surface area contributed by atoms with Crippen molar-refractivity contribution in [2.75, 3.05) is 0 Å². The standard InChI is InChI=1S/C37H50O9/c1-23(2)29-13-17-31(18-14-29)36(9,10)21-25(5)33(38)45-43-27(7)41-35(40)42-28(8)44-46-34(39)26(6)22-37(11,12)32-19-15-30(16-20-32)24(3)4/h13-24,27-28H,1-12H3/b25-21-,26-22-. The Morgan fingerprint density at radius 3 is 1.15 bits per heavy atom. The van der Waals surface area contributed by atoms with Crippen LogP contribution >= 0.6 is 0 Å². The maximum Gasteiger partial charge on any atom is 0.513 e. The predicted molar refractivity (Wildman–Crippen MR) is 175 cm³/mol. The first-order valence-electron chi connectivity index (χ1n) is 15.5. The summed E-state index contributed by atoms with van der Waals surface area (Å²) in [7, 11) is 0. The SMILES string of the molecule is C/C(=C/C(C)(C)c1ccc(C(C)C)cc1)C(=O)OOC(C)OC(=O)OC(C)OOC(=O)/C(C)=C\C(C)(C)c1ccc(C(C)C)cc1. The first kappa shape index (κ1) is 38.2. The third-order valence-corrected chi connectivity index (χ3v) is 7.48. The zero-order valence-electron chi connectivity index (χ0n) is 29.3. The second-order valence-corrected chi connectivity index (χ2v) is 13.2. The molecule has 0 aliphatic heterocycles. The molecule has 0 aromatic heterocycles. The molecule has 0 radical (unpaired) electrons. The largest absolute Gasteiger partial charge is 0.513 e. The maximum atomic E-state index is 12.5. The van der Waals surface area contributed by atoms with Gasteiger partial charge in [0.2, 0.25) is 12.6 Å². The van der Waals surface area contributed by atoms with Crippen molar-refractivity contribution >= 4 is 18.1 Å². The highest BCUT2D eigenvalue weighted by Crippen LogP contribution is 2.29. The first-order chi connectivity index (χ1) is 21.3. The lowest BCUT2D eigenvalue weighted by molar-refractivity contribution is -0.350. The van der Waals surface area contributed by atoms with E-state index in [9.17, 15) is 14.4 Å². The molecule has 46 heavy (non-hydrogen) atoms. The van der Waals surface area contributed by atoms with E-state index in [1.54, 1.807) is 26.0 Å². The number of rotatable bonds is 14. The fraction of sp³-hybridized carbons (Fsp3) is 0.486. The minimum Gasteiger partial charge on any atom is -0.401 e. The van der Waals surface area contributed by atoms with E-state index in [1.807, 2.05) is 52.0 Å². The molecule has 2 unspecified atom stereocenters. The Morgan fingerprint density at radius 2 is 0.870 bits per heavy atom. The average molecular weight is 639 g/mol. The van der Waals surface area contributed by atoms with Crippen LogP contribution in [0.1, 0.15) is 117 Å². The monoisotopic (exact) mass is 638 g/mol. The minimum absolute atomic E-state index is 0.313. The van der Waals surface area contributed by atoms with Gasteiger partial charge in [0.1, 0.15) is 0 Å². The summed E-state index contributed by atoms with van der Waals surface area (Å²) in [5.41, 5.74) is 4.26. The van der Waals surface area contributed by atoms with Gasteiger partial charge in [-0.1, -0.05) is 116 Å². The zero-order chi connectivity index (χ0) is 34.8. The Kier molecular flexibility index (Phi) is 13.8. The molecule has 2 atom stereocenters. The van der Waals surface area contributed by atoms with Gasteiger partial charge in [-0.2, -0.15) is 0 Å². The molecule has 0 fully saturated rings. The van der Waals surface area contributed by atoms with Gasteiger partial charge < -0.3 is 9.47 Å². The van der Waals surface area contributed by atoms with Crippen LogP contribution in [0.2, 0.25) is 0 Å². The van der Waals surface area contributed by atoms with Gasteiger partial charge in [0, 0.05) is 35.8 Å². The number of hydrogen-bond acceptors (Lipinski definition) is 9. The lowest BCUT2D eigenvalue weighted by Crippen LogP contribution is -2.26. The van der Waals surface area contributed by atoms with E-state index in [-0.39, 0.29) is 0 Å². The molecule has 0 aliphatic carbocycles. The van der Waals surface area contributed by atoms with E-state index in [4.69, 9.17) is 29.0 Å². The molecule has 9 nitrogen and oxygen atoms in total. The summed E-state index contributed by atoms with van der Waals surface area (Å²) in [5, 5.41) is 0. The topological polar surface area (TPSA) is 107 Å². The summed E-state index contributed by atoms with van der Waals surface area (Å²) in [6.07, 6.45) is -0.213. The number of ether oxygens (including phenoxy) is 2. The number of carbonyl (C=O) groups is 3. The fourth-order valence-electron chi connectivity index (χ4n) is 4.65. The van der Waals surface area contributed by atoms with E-state index in [2.05, 4.69) is 52.0 Å². The van der Waals surface area contributed by atoms with E-state index >= 15 is 0 Å². The molecular weight excluding hydrogens is 588 g/mol. The number of hydrogen-bond donors (Lipinski definition) is 0. The Bertz CT molecular complexity index is 1280. The van der Waals surface area contributed by atoms with Crippen molar-refractivity contribution in [3.8, 4) is 0 Å². The fourth-order valence-corrected chi connectivity index (χ4v) is 4.65. The minimum atomic E-state index is -1.29. The molecule has 0 spiro atoms. The third-order valence-electron chi connectivity index (χ3n) is 7.48. The molecule has 0 aliphatic rings. The normalized spacial score (nSPS) is 14.1. The molecule has 2 aromatic rings. The molecule has 2 rings (SSSR count). The van der Waals surface area contributed by atoms with Crippen LogP contribution in [0.5, 0.6) is 0 Å². The van der Waals surface area contributed by atoms with Gasteiger partial charge in [-0.25, -0.2) is 14.4 Å². The predicted octanol–water partition coefficient (Wildman–Crippen LogP) is 8.88. The molecule has 2 aromatic carbocycles. The molecule has 0 saturated heterocycles. The highest BCUT2D eigenvalue weighted by atomic mass is 17.2. The van der Waals surface area contributed by atoms with Crippen LogP contribution in [0, 0.1) is 0 Å². The van der Waals surface area contributed by atoms with Gasteiger partial charge in [0.25, 0.3) is 0 Å². The van der Waals surface area contributed by atoms with Crippen LogP contribution in [0.15, 0.2) is 71.8 Å². The molecule has 0 saturated carbocycles. The van der Waals surface area contributed by atoms with Crippen molar-refractivity contribution in [2.45, 2.75) is 118 Å². The lowest BCUT2D eigenvalue weighted by Gasteiger charge is -2.23. The van der Waals surface area contributed by atoms with E-state index in [0.29, 0.717) is 23.0 Å². The summed E-state index contributed by atoms with van der Waals surface area (Å²) in [6, 6.07) is 16.5. The molecular formula is C37H50O9. The van der Waals surface area contributed by atoms with Gasteiger partial charge in [-0.05, 0) is 47.9 Å². The molecule has 9 heteroatoms. The summed E-state index contributed by atoms with van der Waals surface area (Å²) in [6.45, 7) is 22.4. The smallest absolute Gasteiger partial charge is 0.401 e. The van der Waals surface area contributed by atoms with Crippen molar-refractivity contribution in [1.29, 1.82) is 0 Å². The number of allylic oxidation sites excluding steroid dienone is 2. The summed E-state index contributed by atoms with van der Waals surface area (Å²) in [4.78, 5) is 56.7. The number of benzene rings is 2. The quantitative estimate of drug-likeness (QED) is 0.0659. The summed E-state index contributed by atoms with van der Waals surface area (Å²) < 4.78 is 9.86. The molecule has 252 valence electrons. The van der Waals surface area contributed by atoms with Crippen LogP contribution in [0.25, 0.3) is 0 Å². The average Bonchev–Trinajstić information content (AvgIpc) is 2.98. The van der Waals surface area contributed by atoms with Crippen molar-refractivity contribution in [2.24, 2.45) is 0 Å². The summed E-state index contributed by atoms with van der Waals surface area (Å²) in [5.74, 6) is -0.633. The van der Waals surface area contributed by atoms with Gasteiger partial charge in [-0.15, -0.1) is 9.78 Å². The van der Waals surface area contributed by atoms with Crippen molar-refractivity contribution in [3.63, 3.8) is 0 Å². The molecule has 0 N–H and O–H groups in total. The first-order valence-corrected chi connectivity index (χ1v) is 15.5. The van der Waals surface area contributed by atoms with E-state index in [1.165, 1.54) is 25.0 Å². The van der Waals surface area contributed by atoms with Crippen molar-refractivity contribution in [3.05, 3.63) is 94.1 Å². The Hall–Kier alpha value is -3.95. The van der Waals surface area contributed by atoms with Gasteiger partial charge >= 0.3 is 18.1 Å². The van der Waals surface area contributed by atoms with Crippen LogP contribution in [0.4, 0.5) is 4.79 Å². The Balaban J connectivity index is 1.81. The van der Waals surface area contributed by atoms with Crippen LogP contribution in [-0.2, 0) is 49.4 Å². The van der Waals surface area contributed by atoms with Gasteiger partial charge in [0.05, 0.1) is 0 Å². The third kappa shape index (κ3) is 11.8. The van der Waals surface area contributed by atoms with Crippen molar-refractivity contribution < 1.29 is 43.4 Å². The van der Waals surface area contributed by atoms with E-state index < -0.39 is 41.5 Å². The number of carbonyl (C=O) groups excluding carboxylic acids is 3. The van der Waals surface area contributed by atoms with Crippen molar-refractivity contribution in [1.82, 2.24) is 0 Å².